The van der Waals surface area contributed by atoms with Gasteiger partial charge in [0.05, 0.1) is 37.9 Å². The first kappa shape index (κ1) is 20.7. The van der Waals surface area contributed by atoms with Crippen LogP contribution < -0.4 is 15.5 Å². The quantitative estimate of drug-likeness (QED) is 0.334. The maximum absolute atomic E-state index is 9.45. The Balaban J connectivity index is 1.59. The number of anilines is 4. The molecular weight excluding hydrogens is 406 g/mol. The minimum atomic E-state index is -0.534. The molecular formula is C19H25N7O3S. The fourth-order valence-corrected chi connectivity index (χ4v) is 3.79. The van der Waals surface area contributed by atoms with Crippen LogP contribution in [-0.4, -0.2) is 82.2 Å². The maximum Gasteiger partial charge on any atom is 0.231 e. The number of nitrogens with one attached hydrogen (secondary N) is 3. The van der Waals surface area contributed by atoms with Crippen molar-refractivity contribution in [2.45, 2.75) is 11.1 Å². The summed E-state index contributed by atoms with van der Waals surface area (Å²) in [6.07, 6.45) is 1.91. The van der Waals surface area contributed by atoms with Crippen molar-refractivity contribution in [3.05, 3.63) is 24.3 Å². The Morgan fingerprint density at radius 1 is 1.17 bits per heavy atom. The molecule has 10 nitrogen and oxygen atoms in total. The fourth-order valence-electron chi connectivity index (χ4n) is 3.26. The minimum absolute atomic E-state index is 0.222. The smallest absolute Gasteiger partial charge is 0.231 e. The minimum Gasteiger partial charge on any atom is -0.394 e. The second-order valence-corrected chi connectivity index (χ2v) is 7.62. The molecule has 0 bridgehead atoms. The Labute approximate surface area is 178 Å². The molecule has 0 spiro atoms. The van der Waals surface area contributed by atoms with Gasteiger partial charge in [0.15, 0.2) is 5.65 Å². The molecule has 1 fully saturated rings. The van der Waals surface area contributed by atoms with Gasteiger partial charge in [-0.3, -0.25) is 5.10 Å². The molecule has 2 aromatic heterocycles. The van der Waals surface area contributed by atoms with E-state index in [9.17, 15) is 10.2 Å². The number of hydrogen-bond acceptors (Lipinski definition) is 10. The number of aromatic nitrogens is 4. The topological polar surface area (TPSA) is 131 Å². The molecule has 1 aromatic carbocycles. The van der Waals surface area contributed by atoms with Crippen molar-refractivity contribution in [1.29, 1.82) is 0 Å². The van der Waals surface area contributed by atoms with Crippen LogP contribution in [0.5, 0.6) is 0 Å². The molecule has 0 saturated carbocycles. The number of morpholine rings is 1. The predicted octanol–water partition coefficient (Wildman–Crippen LogP) is 1.42. The van der Waals surface area contributed by atoms with E-state index in [1.54, 1.807) is 0 Å². The Kier molecular flexibility index (Phi) is 6.53. The van der Waals surface area contributed by atoms with Crippen molar-refractivity contribution < 1.29 is 14.9 Å². The number of rotatable bonds is 8. The van der Waals surface area contributed by atoms with Gasteiger partial charge in [-0.2, -0.15) is 15.1 Å². The van der Waals surface area contributed by atoms with Gasteiger partial charge in [0.25, 0.3) is 0 Å². The third kappa shape index (κ3) is 4.43. The zero-order valence-electron chi connectivity index (χ0n) is 16.6. The lowest BCUT2D eigenvalue weighted by Crippen LogP contribution is -2.36. The van der Waals surface area contributed by atoms with Crippen molar-refractivity contribution in [1.82, 2.24) is 20.2 Å². The van der Waals surface area contributed by atoms with E-state index in [4.69, 9.17) is 4.74 Å². The second-order valence-electron chi connectivity index (χ2n) is 6.83. The number of nitrogens with zero attached hydrogens (tertiary/aromatic N) is 4. The fraction of sp³-hybridized carbons (Fsp3) is 0.421. The molecule has 0 radical (unpaired) electrons. The summed E-state index contributed by atoms with van der Waals surface area (Å²) < 4.78 is 5.41. The molecule has 1 aliphatic rings. The third-order valence-corrected chi connectivity index (χ3v) is 5.54. The lowest BCUT2D eigenvalue weighted by molar-refractivity contribution is 0.122. The van der Waals surface area contributed by atoms with Crippen molar-refractivity contribution in [2.24, 2.45) is 0 Å². The van der Waals surface area contributed by atoms with Crippen LogP contribution in [0.1, 0.15) is 0 Å². The predicted molar refractivity (Wildman–Crippen MR) is 118 cm³/mol. The molecule has 5 N–H and O–H groups in total. The number of benzene rings is 1. The highest BCUT2D eigenvalue weighted by Gasteiger charge is 2.18. The molecule has 160 valence electrons. The molecule has 0 aliphatic carbocycles. The highest BCUT2D eigenvalue weighted by atomic mass is 32.2. The Morgan fingerprint density at radius 2 is 1.90 bits per heavy atom. The summed E-state index contributed by atoms with van der Waals surface area (Å²) in [7, 11) is 0. The van der Waals surface area contributed by atoms with Gasteiger partial charge in [-0.1, -0.05) is 0 Å². The van der Waals surface area contributed by atoms with E-state index in [1.807, 2.05) is 18.4 Å². The van der Waals surface area contributed by atoms with Crippen molar-refractivity contribution in [3.8, 4) is 0 Å². The first-order chi connectivity index (χ1) is 14.7. The van der Waals surface area contributed by atoms with Crippen molar-refractivity contribution in [3.63, 3.8) is 0 Å². The van der Waals surface area contributed by atoms with Gasteiger partial charge in [-0.15, -0.1) is 11.8 Å². The average molecular weight is 432 g/mol. The maximum atomic E-state index is 9.45. The second kappa shape index (κ2) is 9.47. The largest absolute Gasteiger partial charge is 0.394 e. The molecule has 3 heterocycles. The summed E-state index contributed by atoms with van der Waals surface area (Å²) in [5.74, 6) is 0.883. The van der Waals surface area contributed by atoms with Gasteiger partial charge in [0.2, 0.25) is 5.95 Å². The van der Waals surface area contributed by atoms with Crippen molar-refractivity contribution >= 4 is 45.9 Å². The van der Waals surface area contributed by atoms with Crippen LogP contribution in [0.2, 0.25) is 0 Å². The van der Waals surface area contributed by atoms with E-state index in [1.165, 1.54) is 11.8 Å². The third-order valence-electron chi connectivity index (χ3n) is 4.86. The molecule has 0 unspecified atom stereocenters. The number of aliphatic hydroxyl groups is 2. The molecule has 1 aliphatic heterocycles. The Morgan fingerprint density at radius 3 is 2.57 bits per heavy atom. The number of fused-ring (bicyclic) bond motifs is 1. The van der Waals surface area contributed by atoms with Crippen LogP contribution in [-0.2, 0) is 4.74 Å². The summed E-state index contributed by atoms with van der Waals surface area (Å²) >= 11 is 1.47. The first-order valence-electron chi connectivity index (χ1n) is 9.70. The van der Waals surface area contributed by atoms with Crippen LogP contribution in [0.15, 0.2) is 29.3 Å². The van der Waals surface area contributed by atoms with E-state index in [0.29, 0.717) is 17.4 Å². The number of thioether (sulfide) groups is 1. The molecule has 4 rings (SSSR count). The van der Waals surface area contributed by atoms with Gasteiger partial charge >= 0.3 is 0 Å². The first-order valence-corrected chi connectivity index (χ1v) is 10.9. The number of aromatic amines is 1. The van der Waals surface area contributed by atoms with E-state index in [-0.39, 0.29) is 13.2 Å². The van der Waals surface area contributed by atoms with E-state index < -0.39 is 6.04 Å². The zero-order valence-corrected chi connectivity index (χ0v) is 17.4. The summed E-state index contributed by atoms with van der Waals surface area (Å²) in [5, 5.41) is 33.9. The van der Waals surface area contributed by atoms with E-state index in [2.05, 4.69) is 47.8 Å². The standard InChI is InChI=1S/C19H25N7O3S/c1-30-18-15-16(20-13(10-27)11-28)22-19(23-17(15)24-25-18)21-12-2-4-14(5-3-12)26-6-8-29-9-7-26/h2-5,13,27-28H,6-11H2,1H3,(H3,20,21,22,23,24,25). The highest BCUT2D eigenvalue weighted by Crippen LogP contribution is 2.30. The molecule has 0 atom stereocenters. The number of hydrogen-bond donors (Lipinski definition) is 5. The average Bonchev–Trinajstić information content (AvgIpc) is 3.22. The number of aliphatic hydroxyl groups excluding tert-OH is 2. The SMILES string of the molecule is CSc1n[nH]c2nc(Nc3ccc(N4CCOCC4)cc3)nc(NC(CO)CO)c12. The van der Waals surface area contributed by atoms with Gasteiger partial charge in [0.1, 0.15) is 10.8 Å². The monoisotopic (exact) mass is 431 g/mol. The lowest BCUT2D eigenvalue weighted by Gasteiger charge is -2.28. The summed E-state index contributed by atoms with van der Waals surface area (Å²) in [6, 6.07) is 7.54. The van der Waals surface area contributed by atoms with Crippen molar-refractivity contribution in [2.75, 3.05) is 61.3 Å². The Hall–Kier alpha value is -2.60. The van der Waals surface area contributed by atoms with Crippen LogP contribution in [0.25, 0.3) is 11.0 Å². The van der Waals surface area contributed by atoms with Crippen LogP contribution in [0.4, 0.5) is 23.1 Å². The van der Waals surface area contributed by atoms with Crippen LogP contribution in [0.3, 0.4) is 0 Å². The molecule has 0 amide bonds. The van der Waals surface area contributed by atoms with Gasteiger partial charge in [-0.05, 0) is 30.5 Å². The summed E-state index contributed by atoms with van der Waals surface area (Å²) in [6.45, 7) is 2.82. The molecule has 11 heteroatoms. The van der Waals surface area contributed by atoms with Crippen LogP contribution in [0, 0.1) is 0 Å². The molecule has 1 saturated heterocycles. The van der Waals surface area contributed by atoms with Gasteiger partial charge in [0, 0.05) is 24.5 Å². The summed E-state index contributed by atoms with van der Waals surface area (Å²) in [5.41, 5.74) is 2.57. The summed E-state index contributed by atoms with van der Waals surface area (Å²) in [4.78, 5) is 11.4. The number of H-pyrrole nitrogens is 1. The highest BCUT2D eigenvalue weighted by molar-refractivity contribution is 7.98. The number of ether oxygens (including phenoxy) is 1. The lowest BCUT2D eigenvalue weighted by atomic mass is 10.2. The zero-order chi connectivity index (χ0) is 20.9. The van der Waals surface area contributed by atoms with Gasteiger partial charge in [-0.25, -0.2) is 0 Å². The van der Waals surface area contributed by atoms with E-state index in [0.717, 1.165) is 48.1 Å². The van der Waals surface area contributed by atoms with Gasteiger partial charge < -0.3 is 30.5 Å². The molecule has 30 heavy (non-hydrogen) atoms. The normalized spacial score (nSPS) is 14.5. The van der Waals surface area contributed by atoms with E-state index >= 15 is 0 Å². The van der Waals surface area contributed by atoms with Crippen LogP contribution >= 0.6 is 11.8 Å². The molecule has 3 aromatic rings. The Bertz CT molecular complexity index is 972.